The molecule has 3 rings (SSSR count). The summed E-state index contributed by atoms with van der Waals surface area (Å²) >= 11 is 0. The molecule has 2 aliphatic rings. The second kappa shape index (κ2) is 9.66. The fraction of sp³-hybridized carbons (Fsp3) is 0.545. The Labute approximate surface area is 161 Å². The van der Waals surface area contributed by atoms with Gasteiger partial charge in [-0.15, -0.1) is 0 Å². The number of hydrogen-bond acceptors (Lipinski definition) is 3. The van der Waals surface area contributed by atoms with Crippen molar-refractivity contribution in [3.8, 4) is 6.07 Å². The highest BCUT2D eigenvalue weighted by Gasteiger charge is 2.23. The summed E-state index contributed by atoms with van der Waals surface area (Å²) in [6.45, 7) is 3.14. The molecule has 5 heteroatoms. The first kappa shape index (κ1) is 19.6. The lowest BCUT2D eigenvalue weighted by Crippen LogP contribution is -2.38. The minimum Gasteiger partial charge on any atom is -0.352 e. The Bertz CT molecular complexity index is 699. The predicted octanol–water partition coefficient (Wildman–Crippen LogP) is 3.89. The van der Waals surface area contributed by atoms with Crippen LogP contribution in [0.1, 0.15) is 50.5 Å². The molecule has 0 saturated heterocycles. The predicted molar refractivity (Wildman–Crippen MR) is 104 cm³/mol. The van der Waals surface area contributed by atoms with Crippen molar-refractivity contribution in [1.82, 2.24) is 10.2 Å². The van der Waals surface area contributed by atoms with Gasteiger partial charge in [-0.25, -0.2) is 4.39 Å². The van der Waals surface area contributed by atoms with E-state index < -0.39 is 0 Å². The molecule has 0 spiro atoms. The Morgan fingerprint density at radius 3 is 2.59 bits per heavy atom. The van der Waals surface area contributed by atoms with Crippen LogP contribution in [0.5, 0.6) is 0 Å². The molecule has 0 aromatic heterocycles. The molecule has 1 aromatic carbocycles. The van der Waals surface area contributed by atoms with E-state index in [-0.39, 0.29) is 24.2 Å². The van der Waals surface area contributed by atoms with Gasteiger partial charge in [-0.3, -0.25) is 9.69 Å². The molecule has 1 heterocycles. The van der Waals surface area contributed by atoms with Crippen LogP contribution in [0.4, 0.5) is 4.39 Å². The fourth-order valence-corrected chi connectivity index (χ4v) is 4.15. The van der Waals surface area contributed by atoms with Gasteiger partial charge in [0.25, 0.3) is 0 Å². The topological polar surface area (TPSA) is 56.1 Å². The quantitative estimate of drug-likeness (QED) is 0.827. The van der Waals surface area contributed by atoms with E-state index in [9.17, 15) is 9.18 Å². The number of nitriles is 1. The Hall–Kier alpha value is -2.19. The second-order valence-electron chi connectivity index (χ2n) is 7.70. The molecular formula is C22H28FN3O. The summed E-state index contributed by atoms with van der Waals surface area (Å²) in [5, 5.41) is 11.5. The molecule has 1 aliphatic carbocycles. The molecule has 1 fully saturated rings. The van der Waals surface area contributed by atoms with Gasteiger partial charge in [0.1, 0.15) is 12.2 Å². The van der Waals surface area contributed by atoms with E-state index in [1.54, 1.807) is 0 Å². The monoisotopic (exact) mass is 369 g/mol. The first-order valence-corrected chi connectivity index (χ1v) is 9.97. The van der Waals surface area contributed by atoms with E-state index >= 15 is 0 Å². The summed E-state index contributed by atoms with van der Waals surface area (Å²) in [4.78, 5) is 14.0. The zero-order chi connectivity index (χ0) is 19.1. The van der Waals surface area contributed by atoms with Crippen molar-refractivity contribution >= 4 is 11.5 Å². The number of carbonyl (C=O) groups excluding carboxylic acids is 1. The fourth-order valence-electron chi connectivity index (χ4n) is 4.15. The summed E-state index contributed by atoms with van der Waals surface area (Å²) < 4.78 is 13.1. The van der Waals surface area contributed by atoms with Gasteiger partial charge >= 0.3 is 0 Å². The van der Waals surface area contributed by atoms with Gasteiger partial charge in [0, 0.05) is 19.1 Å². The maximum atomic E-state index is 13.1. The number of benzene rings is 1. The highest BCUT2D eigenvalue weighted by atomic mass is 19.1. The van der Waals surface area contributed by atoms with Gasteiger partial charge < -0.3 is 5.32 Å². The summed E-state index contributed by atoms with van der Waals surface area (Å²) in [6.07, 6.45) is 8.82. The molecule has 27 heavy (non-hydrogen) atoms. The number of rotatable bonds is 6. The summed E-state index contributed by atoms with van der Waals surface area (Å²) in [5.74, 6) is 0.408. The summed E-state index contributed by atoms with van der Waals surface area (Å²) in [5.41, 5.74) is 2.45. The number of nitrogens with zero attached hydrogens (tertiary/aromatic N) is 2. The van der Waals surface area contributed by atoms with Crippen molar-refractivity contribution in [1.29, 1.82) is 5.26 Å². The average molecular weight is 369 g/mol. The van der Waals surface area contributed by atoms with Gasteiger partial charge in [-0.2, -0.15) is 5.26 Å². The smallest absolute Gasteiger partial charge is 0.234 e. The highest BCUT2D eigenvalue weighted by molar-refractivity contribution is 5.78. The van der Waals surface area contributed by atoms with Gasteiger partial charge in [0.2, 0.25) is 5.91 Å². The van der Waals surface area contributed by atoms with Gasteiger partial charge in [0.05, 0.1) is 6.07 Å². The van der Waals surface area contributed by atoms with E-state index in [2.05, 4.69) is 16.3 Å². The Morgan fingerprint density at radius 2 is 1.96 bits per heavy atom. The molecule has 1 aromatic rings. The molecule has 0 atom stereocenters. The third-order valence-corrected chi connectivity index (χ3v) is 5.81. The van der Waals surface area contributed by atoms with Crippen LogP contribution in [0.25, 0.3) is 5.57 Å². The molecule has 144 valence electrons. The zero-order valence-corrected chi connectivity index (χ0v) is 15.8. The van der Waals surface area contributed by atoms with Crippen LogP contribution in [0.2, 0.25) is 0 Å². The minimum absolute atomic E-state index is 0.0394. The maximum Gasteiger partial charge on any atom is 0.234 e. The highest BCUT2D eigenvalue weighted by Crippen LogP contribution is 2.28. The largest absolute Gasteiger partial charge is 0.352 e. The molecular weight excluding hydrogens is 341 g/mol. The molecule has 0 radical (unpaired) electrons. The molecule has 0 bridgehead atoms. The van der Waals surface area contributed by atoms with Gasteiger partial charge in [-0.1, -0.05) is 18.2 Å². The first-order valence-electron chi connectivity index (χ1n) is 9.97. The Balaban J connectivity index is 1.36. The molecule has 1 N–H and O–H groups in total. The molecule has 1 amide bonds. The SMILES string of the molecule is N#CCC(=O)N[C@H]1CC[C@@H](CCN2CC=C(c3ccc(F)cc3)CC2)CC1. The van der Waals surface area contributed by atoms with Gasteiger partial charge in [0.15, 0.2) is 0 Å². The van der Waals surface area contributed by atoms with E-state index in [0.29, 0.717) is 0 Å². The lowest BCUT2D eigenvalue weighted by atomic mass is 9.84. The van der Waals surface area contributed by atoms with Crippen molar-refractivity contribution in [2.24, 2.45) is 5.92 Å². The third kappa shape index (κ3) is 5.90. The minimum atomic E-state index is -0.184. The molecule has 1 aliphatic heterocycles. The van der Waals surface area contributed by atoms with Gasteiger partial charge in [-0.05, 0) is 74.3 Å². The van der Waals surface area contributed by atoms with Crippen LogP contribution in [0.15, 0.2) is 30.3 Å². The number of carbonyl (C=O) groups is 1. The van der Waals surface area contributed by atoms with Crippen molar-refractivity contribution in [3.05, 3.63) is 41.7 Å². The van der Waals surface area contributed by atoms with Crippen LogP contribution in [0.3, 0.4) is 0 Å². The lowest BCUT2D eigenvalue weighted by molar-refractivity contribution is -0.121. The van der Waals surface area contributed by atoms with Crippen LogP contribution in [-0.2, 0) is 4.79 Å². The van der Waals surface area contributed by atoms with E-state index in [1.165, 1.54) is 24.1 Å². The van der Waals surface area contributed by atoms with Crippen LogP contribution < -0.4 is 5.32 Å². The van der Waals surface area contributed by atoms with Crippen molar-refractivity contribution < 1.29 is 9.18 Å². The molecule has 4 nitrogen and oxygen atoms in total. The van der Waals surface area contributed by atoms with E-state index in [1.807, 2.05) is 18.2 Å². The third-order valence-electron chi connectivity index (χ3n) is 5.81. The van der Waals surface area contributed by atoms with Crippen molar-refractivity contribution in [2.75, 3.05) is 19.6 Å². The standard InChI is InChI=1S/C22H28FN3O/c23-20-5-3-18(4-6-20)19-11-15-26(16-12-19)14-10-17-1-7-21(8-2-17)25-22(27)9-13-24/h3-6,11,17,21H,1-2,7-10,12,14-16H2,(H,25,27)/t17-,21+. The zero-order valence-electron chi connectivity index (χ0n) is 15.8. The van der Waals surface area contributed by atoms with Crippen LogP contribution in [-0.4, -0.2) is 36.5 Å². The Morgan fingerprint density at radius 1 is 1.22 bits per heavy atom. The van der Waals surface area contributed by atoms with Crippen LogP contribution >= 0.6 is 0 Å². The van der Waals surface area contributed by atoms with E-state index in [4.69, 9.17) is 5.26 Å². The number of hydrogen-bond donors (Lipinski definition) is 1. The van der Waals surface area contributed by atoms with E-state index in [0.717, 1.165) is 63.2 Å². The normalized spacial score (nSPS) is 23.3. The average Bonchev–Trinajstić information content (AvgIpc) is 2.69. The first-order chi connectivity index (χ1) is 13.1. The van der Waals surface area contributed by atoms with Crippen molar-refractivity contribution in [3.63, 3.8) is 0 Å². The summed E-state index contributed by atoms with van der Waals surface area (Å²) in [6, 6.07) is 8.94. The molecule has 1 saturated carbocycles. The van der Waals surface area contributed by atoms with Crippen LogP contribution in [0, 0.1) is 23.1 Å². The number of amides is 1. The summed E-state index contributed by atoms with van der Waals surface area (Å²) in [7, 11) is 0. The molecule has 0 unspecified atom stereocenters. The maximum absolute atomic E-state index is 13.1. The Kier molecular flexibility index (Phi) is 7.00. The van der Waals surface area contributed by atoms with Crippen molar-refractivity contribution in [2.45, 2.75) is 51.0 Å². The lowest BCUT2D eigenvalue weighted by Gasteiger charge is -2.32. The number of halogens is 1. The second-order valence-corrected chi connectivity index (χ2v) is 7.70. The number of nitrogens with one attached hydrogen (secondary N) is 1.